The van der Waals surface area contributed by atoms with Gasteiger partial charge in [-0.2, -0.15) is 0 Å². The summed E-state index contributed by atoms with van der Waals surface area (Å²) in [5.74, 6) is -0.807. The van der Waals surface area contributed by atoms with Gasteiger partial charge in [-0.05, 0) is 30.7 Å². The van der Waals surface area contributed by atoms with Crippen LogP contribution in [-0.4, -0.2) is 23.3 Å². The lowest BCUT2D eigenvalue weighted by molar-refractivity contribution is -0.384. The number of carbonyl (C=O) groups is 2. The van der Waals surface area contributed by atoms with E-state index in [0.29, 0.717) is 12.2 Å². The summed E-state index contributed by atoms with van der Waals surface area (Å²) in [5.41, 5.74) is 2.22. The van der Waals surface area contributed by atoms with Crippen molar-refractivity contribution in [2.75, 3.05) is 16.8 Å². The zero-order valence-corrected chi connectivity index (χ0v) is 13.6. The van der Waals surface area contributed by atoms with Crippen molar-refractivity contribution in [1.29, 1.82) is 0 Å². The van der Waals surface area contributed by atoms with Crippen LogP contribution in [0.1, 0.15) is 12.0 Å². The van der Waals surface area contributed by atoms with Crippen molar-refractivity contribution in [2.24, 2.45) is 5.92 Å². The highest BCUT2D eigenvalue weighted by Crippen LogP contribution is 2.28. The molecule has 0 spiro atoms. The number of para-hydroxylation sites is 1. The third-order valence-electron chi connectivity index (χ3n) is 4.25. The summed E-state index contributed by atoms with van der Waals surface area (Å²) in [6.07, 6.45) is 0.146. The zero-order valence-electron chi connectivity index (χ0n) is 13.6. The Kier molecular flexibility index (Phi) is 4.47. The predicted octanol–water partition coefficient (Wildman–Crippen LogP) is 2.89. The molecule has 1 atom stereocenters. The SMILES string of the molecule is Cc1ccccc1N1CC(C(=O)Nc2ccc([N+](=O)[O-])cc2)CC1=O. The summed E-state index contributed by atoms with van der Waals surface area (Å²) >= 11 is 0. The Morgan fingerprint density at radius 3 is 2.52 bits per heavy atom. The molecule has 3 rings (SSSR count). The second-order valence-electron chi connectivity index (χ2n) is 5.99. The first kappa shape index (κ1) is 16.6. The highest BCUT2D eigenvalue weighted by Gasteiger charge is 2.35. The molecule has 7 heteroatoms. The highest BCUT2D eigenvalue weighted by atomic mass is 16.6. The van der Waals surface area contributed by atoms with E-state index in [-0.39, 0.29) is 23.9 Å². The number of benzene rings is 2. The second-order valence-corrected chi connectivity index (χ2v) is 5.99. The van der Waals surface area contributed by atoms with Crippen molar-refractivity contribution in [3.05, 3.63) is 64.2 Å². The second kappa shape index (κ2) is 6.72. The minimum absolute atomic E-state index is 0.0419. The first-order valence-corrected chi connectivity index (χ1v) is 7.87. The largest absolute Gasteiger partial charge is 0.326 e. The lowest BCUT2D eigenvalue weighted by Gasteiger charge is -2.19. The van der Waals surface area contributed by atoms with E-state index >= 15 is 0 Å². The van der Waals surface area contributed by atoms with Gasteiger partial charge in [0.25, 0.3) is 5.69 Å². The molecule has 1 fully saturated rings. The molecule has 128 valence electrons. The molecule has 25 heavy (non-hydrogen) atoms. The van der Waals surface area contributed by atoms with Crippen molar-refractivity contribution in [1.82, 2.24) is 0 Å². The van der Waals surface area contributed by atoms with Crippen LogP contribution < -0.4 is 10.2 Å². The molecule has 1 heterocycles. The van der Waals surface area contributed by atoms with Crippen LogP contribution in [0.25, 0.3) is 0 Å². The van der Waals surface area contributed by atoms with Crippen molar-refractivity contribution in [2.45, 2.75) is 13.3 Å². The van der Waals surface area contributed by atoms with Crippen molar-refractivity contribution in [3.63, 3.8) is 0 Å². The van der Waals surface area contributed by atoms with Crippen LogP contribution in [0.3, 0.4) is 0 Å². The summed E-state index contributed by atoms with van der Waals surface area (Å²) in [7, 11) is 0. The van der Waals surface area contributed by atoms with Crippen LogP contribution in [0.15, 0.2) is 48.5 Å². The number of rotatable bonds is 4. The van der Waals surface area contributed by atoms with E-state index in [9.17, 15) is 19.7 Å². The van der Waals surface area contributed by atoms with Crippen molar-refractivity contribution in [3.8, 4) is 0 Å². The number of hydrogen-bond donors (Lipinski definition) is 1. The molecule has 0 aromatic heterocycles. The molecule has 1 aliphatic heterocycles. The lowest BCUT2D eigenvalue weighted by Crippen LogP contribution is -2.28. The summed E-state index contributed by atoms with van der Waals surface area (Å²) < 4.78 is 0. The first-order chi connectivity index (χ1) is 12.0. The number of non-ortho nitro benzene ring substituents is 1. The van der Waals surface area contributed by atoms with E-state index in [1.165, 1.54) is 24.3 Å². The van der Waals surface area contributed by atoms with Gasteiger partial charge in [0.05, 0.1) is 10.8 Å². The Morgan fingerprint density at radius 2 is 1.88 bits per heavy atom. The van der Waals surface area contributed by atoms with E-state index in [4.69, 9.17) is 0 Å². The fraction of sp³-hybridized carbons (Fsp3) is 0.222. The number of nitro groups is 1. The van der Waals surface area contributed by atoms with Crippen LogP contribution in [0.5, 0.6) is 0 Å². The van der Waals surface area contributed by atoms with Gasteiger partial charge < -0.3 is 10.2 Å². The highest BCUT2D eigenvalue weighted by molar-refractivity contribution is 6.03. The molecule has 0 radical (unpaired) electrons. The Balaban J connectivity index is 1.68. The number of amides is 2. The number of nitrogens with zero attached hydrogens (tertiary/aromatic N) is 2. The summed E-state index contributed by atoms with van der Waals surface area (Å²) in [6, 6.07) is 13.2. The van der Waals surface area contributed by atoms with E-state index in [1.807, 2.05) is 31.2 Å². The maximum atomic E-state index is 12.4. The van der Waals surface area contributed by atoms with E-state index in [1.54, 1.807) is 4.90 Å². The Bertz CT molecular complexity index is 832. The smallest absolute Gasteiger partial charge is 0.269 e. The summed E-state index contributed by atoms with van der Waals surface area (Å²) in [4.78, 5) is 36.5. The Hall–Kier alpha value is -3.22. The van der Waals surface area contributed by atoms with Crippen LogP contribution in [-0.2, 0) is 9.59 Å². The summed E-state index contributed by atoms with van der Waals surface area (Å²) in [6.45, 7) is 2.25. The standard InChI is InChI=1S/C18H17N3O4/c1-12-4-2-3-5-16(12)20-11-13(10-17(20)22)18(23)19-14-6-8-15(9-7-14)21(24)25/h2-9,13H,10-11H2,1H3,(H,19,23). The molecule has 0 bridgehead atoms. The molecule has 0 saturated carbocycles. The first-order valence-electron chi connectivity index (χ1n) is 7.87. The van der Waals surface area contributed by atoms with Crippen molar-refractivity contribution >= 4 is 28.9 Å². The fourth-order valence-electron chi connectivity index (χ4n) is 2.89. The van der Waals surface area contributed by atoms with Crippen molar-refractivity contribution < 1.29 is 14.5 Å². The van der Waals surface area contributed by atoms with Gasteiger partial charge in [-0.3, -0.25) is 19.7 Å². The molecule has 1 saturated heterocycles. The van der Waals surface area contributed by atoms with E-state index in [0.717, 1.165) is 11.3 Å². The van der Waals surface area contributed by atoms with Crippen LogP contribution in [0.2, 0.25) is 0 Å². The van der Waals surface area contributed by atoms with Crippen LogP contribution in [0.4, 0.5) is 17.1 Å². The van der Waals surface area contributed by atoms with Gasteiger partial charge in [0.15, 0.2) is 0 Å². The van der Waals surface area contributed by atoms with Crippen LogP contribution >= 0.6 is 0 Å². The zero-order chi connectivity index (χ0) is 18.0. The molecule has 1 N–H and O–H groups in total. The number of nitrogens with one attached hydrogen (secondary N) is 1. The number of nitro benzene ring substituents is 1. The molecular weight excluding hydrogens is 322 g/mol. The molecule has 2 aromatic rings. The summed E-state index contributed by atoms with van der Waals surface area (Å²) in [5, 5.41) is 13.4. The normalized spacial score (nSPS) is 16.8. The number of carbonyl (C=O) groups excluding carboxylic acids is 2. The third kappa shape index (κ3) is 3.50. The van der Waals surface area contributed by atoms with Gasteiger partial charge in [-0.25, -0.2) is 0 Å². The number of aryl methyl sites for hydroxylation is 1. The molecular formula is C18H17N3O4. The molecule has 7 nitrogen and oxygen atoms in total. The third-order valence-corrected chi connectivity index (χ3v) is 4.25. The van der Waals surface area contributed by atoms with Gasteiger partial charge in [0.2, 0.25) is 11.8 Å². The lowest BCUT2D eigenvalue weighted by atomic mass is 10.1. The van der Waals surface area contributed by atoms with Gasteiger partial charge in [0, 0.05) is 36.5 Å². The Labute approximate surface area is 144 Å². The molecule has 2 amide bonds. The quantitative estimate of drug-likeness (QED) is 0.685. The average molecular weight is 339 g/mol. The predicted molar refractivity (Wildman–Crippen MR) is 93.4 cm³/mol. The maximum absolute atomic E-state index is 12.4. The molecule has 1 aliphatic rings. The number of anilines is 2. The molecule has 2 aromatic carbocycles. The van der Waals surface area contributed by atoms with Gasteiger partial charge >= 0.3 is 0 Å². The molecule has 1 unspecified atom stereocenters. The van der Waals surface area contributed by atoms with Gasteiger partial charge in [0.1, 0.15) is 0 Å². The minimum atomic E-state index is -0.499. The monoisotopic (exact) mass is 339 g/mol. The maximum Gasteiger partial charge on any atom is 0.269 e. The molecule has 0 aliphatic carbocycles. The topological polar surface area (TPSA) is 92.6 Å². The fourth-order valence-corrected chi connectivity index (χ4v) is 2.89. The van der Waals surface area contributed by atoms with Gasteiger partial charge in [-0.1, -0.05) is 18.2 Å². The van der Waals surface area contributed by atoms with Gasteiger partial charge in [-0.15, -0.1) is 0 Å². The average Bonchev–Trinajstić information content (AvgIpc) is 2.97. The van der Waals surface area contributed by atoms with Crippen LogP contribution in [0, 0.1) is 23.0 Å². The number of hydrogen-bond acceptors (Lipinski definition) is 4. The van der Waals surface area contributed by atoms with E-state index < -0.39 is 10.8 Å². The van der Waals surface area contributed by atoms with E-state index in [2.05, 4.69) is 5.32 Å². The Morgan fingerprint density at radius 1 is 1.20 bits per heavy atom. The minimum Gasteiger partial charge on any atom is -0.326 e.